The van der Waals surface area contributed by atoms with Crippen LogP contribution in [0.3, 0.4) is 0 Å². The molecule has 0 saturated carbocycles. The molecule has 0 radical (unpaired) electrons. The molecule has 0 bridgehead atoms. The van der Waals surface area contributed by atoms with Crippen LogP contribution in [0.4, 0.5) is 0 Å². The fourth-order valence-corrected chi connectivity index (χ4v) is 6.88. The minimum atomic E-state index is -3.97. The summed E-state index contributed by atoms with van der Waals surface area (Å²) >= 11 is 0. The first-order valence-electron chi connectivity index (χ1n) is 14.2. The minimum absolute atomic E-state index is 0.0709. The Labute approximate surface area is 248 Å². The van der Waals surface area contributed by atoms with Crippen LogP contribution in [-0.2, 0) is 21.2 Å². The Morgan fingerprint density at radius 1 is 0.810 bits per heavy atom. The maximum Gasteiger partial charge on any atom is 0.241 e. The summed E-state index contributed by atoms with van der Waals surface area (Å²) in [6, 6.07) is 34.1. The van der Waals surface area contributed by atoms with Crippen molar-refractivity contribution in [2.75, 3.05) is 33.3 Å². The highest BCUT2D eigenvalue weighted by Crippen LogP contribution is 2.30. The van der Waals surface area contributed by atoms with E-state index in [0.717, 1.165) is 5.56 Å². The monoisotopic (exact) mass is 583 g/mol. The topological polar surface area (TPSA) is 78.9 Å². The number of nitrogens with one attached hydrogen (secondary N) is 1. The highest BCUT2D eigenvalue weighted by atomic mass is 32.2. The lowest BCUT2D eigenvalue weighted by atomic mass is 9.96. The number of hydrogen-bond donors (Lipinski definition) is 1. The van der Waals surface area contributed by atoms with E-state index in [1.807, 2.05) is 42.5 Å². The van der Waals surface area contributed by atoms with Gasteiger partial charge in [-0.15, -0.1) is 0 Å². The molecule has 1 saturated heterocycles. The molecule has 1 N–H and O–H groups in total. The van der Waals surface area contributed by atoms with Crippen molar-refractivity contribution >= 4 is 15.9 Å². The lowest BCUT2D eigenvalue weighted by Gasteiger charge is -2.40. The summed E-state index contributed by atoms with van der Waals surface area (Å²) in [5.74, 6) is 0.385. The van der Waals surface area contributed by atoms with E-state index in [-0.39, 0.29) is 23.3 Å². The number of hydrogen-bond acceptors (Lipinski definition) is 5. The number of aryl methyl sites for hydroxylation is 1. The number of amides is 1. The van der Waals surface area contributed by atoms with Crippen molar-refractivity contribution in [2.45, 2.75) is 30.3 Å². The third-order valence-corrected chi connectivity index (χ3v) is 9.25. The van der Waals surface area contributed by atoms with Crippen molar-refractivity contribution in [3.63, 3.8) is 0 Å². The maximum absolute atomic E-state index is 14.0. The number of benzene rings is 4. The summed E-state index contributed by atoms with van der Waals surface area (Å²) in [5, 5.41) is 0. The molecule has 218 valence electrons. The van der Waals surface area contributed by atoms with Crippen molar-refractivity contribution in [3.05, 3.63) is 131 Å². The van der Waals surface area contributed by atoms with Gasteiger partial charge in [-0.3, -0.25) is 9.69 Å². The van der Waals surface area contributed by atoms with Crippen LogP contribution in [0.5, 0.6) is 5.75 Å². The summed E-state index contributed by atoms with van der Waals surface area (Å²) in [5.41, 5.74) is 3.99. The highest BCUT2D eigenvalue weighted by molar-refractivity contribution is 7.89. The van der Waals surface area contributed by atoms with Crippen LogP contribution in [0.15, 0.2) is 114 Å². The van der Waals surface area contributed by atoms with E-state index in [1.165, 1.54) is 17.2 Å². The van der Waals surface area contributed by atoms with Gasteiger partial charge in [-0.25, -0.2) is 8.42 Å². The number of piperazine rings is 1. The molecular formula is C34H37N3O4S. The van der Waals surface area contributed by atoms with Gasteiger partial charge in [-0.2, -0.15) is 4.72 Å². The molecule has 1 heterocycles. The largest absolute Gasteiger partial charge is 0.496 e. The van der Waals surface area contributed by atoms with E-state index in [4.69, 9.17) is 4.74 Å². The Morgan fingerprint density at radius 3 is 1.88 bits per heavy atom. The van der Waals surface area contributed by atoms with Crippen LogP contribution >= 0.6 is 0 Å². The van der Waals surface area contributed by atoms with Gasteiger partial charge in [0.05, 0.1) is 18.0 Å². The Morgan fingerprint density at radius 2 is 1.36 bits per heavy atom. The van der Waals surface area contributed by atoms with Gasteiger partial charge in [-0.05, 0) is 53.8 Å². The summed E-state index contributed by atoms with van der Waals surface area (Å²) in [6.45, 7) is 4.14. The molecule has 4 aromatic rings. The van der Waals surface area contributed by atoms with E-state index in [0.29, 0.717) is 37.5 Å². The average Bonchev–Trinajstić information content (AvgIpc) is 3.02. The fourth-order valence-electron chi connectivity index (χ4n) is 5.61. The molecule has 1 atom stereocenters. The zero-order chi connectivity index (χ0) is 29.5. The molecule has 0 aromatic heterocycles. The first kappa shape index (κ1) is 29.5. The van der Waals surface area contributed by atoms with E-state index in [9.17, 15) is 13.2 Å². The molecule has 4 aromatic carbocycles. The number of carbonyl (C=O) groups excluding carboxylic acids is 1. The number of ether oxygens (including phenoxy) is 1. The number of carbonyl (C=O) groups is 1. The van der Waals surface area contributed by atoms with Crippen molar-refractivity contribution in [1.29, 1.82) is 0 Å². The van der Waals surface area contributed by atoms with Gasteiger partial charge in [0.15, 0.2) is 0 Å². The number of rotatable bonds is 10. The van der Waals surface area contributed by atoms with Crippen LogP contribution in [-0.4, -0.2) is 63.5 Å². The first-order valence-corrected chi connectivity index (χ1v) is 15.7. The quantitative estimate of drug-likeness (QED) is 0.290. The van der Waals surface area contributed by atoms with Crippen molar-refractivity contribution in [1.82, 2.24) is 14.5 Å². The number of nitrogens with zero attached hydrogens (tertiary/aromatic N) is 2. The van der Waals surface area contributed by atoms with Gasteiger partial charge in [-0.1, -0.05) is 91.0 Å². The van der Waals surface area contributed by atoms with E-state index in [1.54, 1.807) is 31.1 Å². The average molecular weight is 584 g/mol. The molecule has 5 rings (SSSR count). The molecule has 7 nitrogen and oxygen atoms in total. The molecular weight excluding hydrogens is 546 g/mol. The maximum atomic E-state index is 14.0. The second-order valence-corrected chi connectivity index (χ2v) is 12.3. The third-order valence-electron chi connectivity index (χ3n) is 7.78. The molecule has 1 aliphatic heterocycles. The van der Waals surface area contributed by atoms with Crippen molar-refractivity contribution in [3.8, 4) is 5.75 Å². The van der Waals surface area contributed by atoms with E-state index >= 15 is 0 Å². The molecule has 1 aliphatic rings. The van der Waals surface area contributed by atoms with Crippen LogP contribution in [0.25, 0.3) is 0 Å². The SMILES string of the molecule is COc1ccc(S(=O)(=O)N[C@@H](Cc2ccccc2)C(=O)N2CCN(C(c3ccccc3)c3ccccc3)CC2)cc1C. The van der Waals surface area contributed by atoms with Gasteiger partial charge >= 0.3 is 0 Å². The predicted molar refractivity (Wildman–Crippen MR) is 165 cm³/mol. The summed E-state index contributed by atoms with van der Waals surface area (Å²) < 4.78 is 35.0. The number of sulfonamides is 1. The zero-order valence-electron chi connectivity index (χ0n) is 24.0. The third kappa shape index (κ3) is 6.90. The normalized spacial score (nSPS) is 15.0. The second-order valence-electron chi connectivity index (χ2n) is 10.6. The van der Waals surface area contributed by atoms with Crippen LogP contribution in [0.2, 0.25) is 0 Å². The van der Waals surface area contributed by atoms with Crippen LogP contribution < -0.4 is 9.46 Å². The first-order chi connectivity index (χ1) is 20.4. The second kappa shape index (κ2) is 13.3. The number of methoxy groups -OCH3 is 1. The molecule has 1 amide bonds. The zero-order valence-corrected chi connectivity index (χ0v) is 24.8. The lowest BCUT2D eigenvalue weighted by molar-refractivity contribution is -0.135. The van der Waals surface area contributed by atoms with Crippen molar-refractivity contribution < 1.29 is 17.9 Å². The van der Waals surface area contributed by atoms with Gasteiger partial charge < -0.3 is 9.64 Å². The van der Waals surface area contributed by atoms with Gasteiger partial charge in [0.2, 0.25) is 15.9 Å². The van der Waals surface area contributed by atoms with E-state index < -0.39 is 16.1 Å². The summed E-state index contributed by atoms with van der Waals surface area (Å²) in [4.78, 5) is 18.2. The fraction of sp³-hybridized carbons (Fsp3) is 0.265. The Kier molecular flexibility index (Phi) is 9.37. The summed E-state index contributed by atoms with van der Waals surface area (Å²) in [7, 11) is -2.42. The molecule has 0 spiro atoms. The van der Waals surface area contributed by atoms with Gasteiger partial charge in [0.1, 0.15) is 11.8 Å². The molecule has 8 heteroatoms. The molecule has 42 heavy (non-hydrogen) atoms. The predicted octanol–water partition coefficient (Wildman–Crippen LogP) is 4.83. The molecule has 1 fully saturated rings. The standard InChI is InChI=1S/C34H37N3O4S/c1-26-24-30(18-19-32(26)41-2)42(39,40)35-31(25-27-12-6-3-7-13-27)34(38)37-22-20-36(21-23-37)33(28-14-8-4-9-15-28)29-16-10-5-11-17-29/h3-19,24,31,33,35H,20-23,25H2,1-2H3/t31-/m0/s1. The van der Waals surface area contributed by atoms with Gasteiger partial charge in [0.25, 0.3) is 0 Å². The Bertz CT molecular complexity index is 1530. The van der Waals surface area contributed by atoms with Crippen molar-refractivity contribution in [2.24, 2.45) is 0 Å². The van der Waals surface area contributed by atoms with Gasteiger partial charge in [0, 0.05) is 26.2 Å². The molecule has 0 aliphatic carbocycles. The summed E-state index contributed by atoms with van der Waals surface area (Å²) in [6.07, 6.45) is 0.255. The Hall–Kier alpha value is -3.98. The van der Waals surface area contributed by atoms with Crippen LogP contribution in [0.1, 0.15) is 28.3 Å². The van der Waals surface area contributed by atoms with Crippen LogP contribution in [0, 0.1) is 6.92 Å². The minimum Gasteiger partial charge on any atom is -0.496 e. The molecule has 0 unspecified atom stereocenters. The smallest absolute Gasteiger partial charge is 0.241 e. The lowest BCUT2D eigenvalue weighted by Crippen LogP contribution is -2.56. The van der Waals surface area contributed by atoms with E-state index in [2.05, 4.69) is 58.2 Å². The highest BCUT2D eigenvalue weighted by Gasteiger charge is 2.33. The Balaban J connectivity index is 1.35.